The minimum Gasteiger partial charge on any atom is -0.255 e. The predicted octanol–water partition coefficient (Wildman–Crippen LogP) is 5.74. The first-order chi connectivity index (χ1) is 6.00. The van der Waals surface area contributed by atoms with E-state index in [0.717, 1.165) is 0 Å². The third kappa shape index (κ3) is 6670. The van der Waals surface area contributed by atoms with Crippen LogP contribution in [0, 0.1) is 0 Å². The molecule has 1 heteroatoms. The van der Waals surface area contributed by atoms with Crippen LogP contribution in [0.15, 0.2) is 13.2 Å². The van der Waals surface area contributed by atoms with Gasteiger partial charge < -0.3 is 0 Å². The summed E-state index contributed by atoms with van der Waals surface area (Å²) < 4.78 is 9.50. The smallest absolute Gasteiger partial charge is 0.0785 e. The molecule has 0 saturated heterocycles. The molecule has 0 N–H and O–H groups in total. The van der Waals surface area contributed by atoms with Crippen LogP contribution in [0.2, 0.25) is 0 Å². The van der Waals surface area contributed by atoms with Gasteiger partial charge in [-0.1, -0.05) is 55.4 Å². The highest BCUT2D eigenvalue weighted by atomic mass is 19.1. The van der Waals surface area contributed by atoms with E-state index in [9.17, 15) is 4.39 Å². The van der Waals surface area contributed by atoms with E-state index in [1.165, 1.54) is 0 Å². The van der Waals surface area contributed by atoms with Crippen LogP contribution in [0.4, 0.5) is 4.39 Å². The number of hydrogen-bond donors (Lipinski definition) is 0. The molecule has 84 valence electrons. The Morgan fingerprint density at radius 3 is 0.583 bits per heavy atom. The fourth-order valence-corrected chi connectivity index (χ4v) is 0. The second-order valence-corrected chi connectivity index (χ2v) is 0. The molecule has 0 aromatic carbocycles. The van der Waals surface area contributed by atoms with Gasteiger partial charge in [0.15, 0.2) is 0 Å². The van der Waals surface area contributed by atoms with Gasteiger partial charge in [0.05, 0.1) is 7.18 Å². The molecule has 0 spiro atoms. The van der Waals surface area contributed by atoms with Crippen molar-refractivity contribution < 1.29 is 5.82 Å². The van der Waals surface area contributed by atoms with Gasteiger partial charge in [0.2, 0.25) is 0 Å². The molecular formula is C11H33F. The van der Waals surface area contributed by atoms with E-state index in [2.05, 4.69) is 13.2 Å². The van der Waals surface area contributed by atoms with Crippen molar-refractivity contribution in [1.29, 1.82) is 0 Å². The van der Waals surface area contributed by atoms with Gasteiger partial charge in [-0.15, -0.1) is 13.2 Å². The molecular weight excluding hydrogens is 151 g/mol. The summed E-state index contributed by atoms with van der Waals surface area (Å²) in [5.41, 5.74) is 0. The Hall–Kier alpha value is -0.330. The fraction of sp³-hybridized carbons (Fsp3) is 0.818. The average molecular weight is 184 g/mol. The van der Waals surface area contributed by atoms with Crippen molar-refractivity contribution >= 4 is 0 Å². The molecule has 0 rings (SSSR count). The molecule has 0 aromatic rings. The highest BCUT2D eigenvalue weighted by Crippen LogP contribution is 1.16. The number of halogens is 1. The Kier molecular flexibility index (Phi) is 31600. The van der Waals surface area contributed by atoms with Crippen LogP contribution < -0.4 is 0 Å². The first-order valence-electron chi connectivity index (χ1n) is 4.88. The Bertz CT molecular complexity index is 10.1. The van der Waals surface area contributed by atoms with Crippen LogP contribution in [0.5, 0.6) is 0 Å². The summed E-state index contributed by atoms with van der Waals surface area (Å²) in [6, 6.07) is 0. The number of hydrogen-bond acceptors (Lipinski definition) is 0. The first-order valence-corrected chi connectivity index (χ1v) is 4.88. The summed E-state index contributed by atoms with van der Waals surface area (Å²) in [5, 5.41) is 0. The minimum atomic E-state index is 0. The Morgan fingerprint density at radius 1 is 0.583 bits per heavy atom. The van der Waals surface area contributed by atoms with Crippen molar-refractivity contribution in [1.82, 2.24) is 0 Å². The maximum atomic E-state index is 9.50. The third-order valence-corrected chi connectivity index (χ3v) is 0. The molecule has 0 aliphatic carbocycles. The Balaban J connectivity index is -0.00000000655. The summed E-state index contributed by atoms with van der Waals surface area (Å²) >= 11 is 0. The van der Waals surface area contributed by atoms with Crippen molar-refractivity contribution in [2.24, 2.45) is 0 Å². The van der Waals surface area contributed by atoms with E-state index in [-0.39, 0.29) is 1.43 Å². The minimum absolute atomic E-state index is 0. The molecule has 0 heterocycles. The molecule has 0 nitrogen and oxygen atoms in total. The van der Waals surface area contributed by atoms with Gasteiger partial charge in [-0.25, -0.2) is 0 Å². The van der Waals surface area contributed by atoms with Crippen LogP contribution in [0.1, 0.15) is 56.8 Å². The SMILES string of the molecule is C=C.CC.CC.CC.CC.CF.[HH]. The monoisotopic (exact) mass is 184 g/mol. The molecule has 0 aromatic heterocycles. The summed E-state index contributed by atoms with van der Waals surface area (Å²) in [6.07, 6.45) is 0. The molecule has 0 amide bonds. The zero-order chi connectivity index (χ0) is 12.0. The molecule has 12 heavy (non-hydrogen) atoms. The summed E-state index contributed by atoms with van der Waals surface area (Å²) in [7, 11) is 0.500. The largest absolute Gasteiger partial charge is 0.255 e. The van der Waals surface area contributed by atoms with E-state index in [1.54, 1.807) is 0 Å². The second kappa shape index (κ2) is 9160. The van der Waals surface area contributed by atoms with Gasteiger partial charge in [-0.05, 0) is 0 Å². The molecule has 0 saturated carbocycles. The van der Waals surface area contributed by atoms with Crippen LogP contribution in [-0.4, -0.2) is 7.18 Å². The summed E-state index contributed by atoms with van der Waals surface area (Å²) in [5.74, 6) is 0. The molecule has 0 unspecified atom stereocenters. The summed E-state index contributed by atoms with van der Waals surface area (Å²) in [4.78, 5) is 0. The molecule has 0 aliphatic rings. The number of rotatable bonds is 0. The van der Waals surface area contributed by atoms with E-state index < -0.39 is 0 Å². The molecule has 0 radical (unpaired) electrons. The van der Waals surface area contributed by atoms with E-state index in [0.29, 0.717) is 7.18 Å². The topological polar surface area (TPSA) is 0 Å². The third-order valence-electron chi connectivity index (χ3n) is 0. The van der Waals surface area contributed by atoms with Gasteiger partial charge in [-0.3, -0.25) is 4.39 Å². The van der Waals surface area contributed by atoms with Crippen LogP contribution in [0.3, 0.4) is 0 Å². The average Bonchev–Trinajstić information content (AvgIpc) is 2.33. The van der Waals surface area contributed by atoms with Crippen molar-refractivity contribution in [3.63, 3.8) is 0 Å². The van der Waals surface area contributed by atoms with Gasteiger partial charge in [-0.2, -0.15) is 0 Å². The van der Waals surface area contributed by atoms with Crippen LogP contribution >= 0.6 is 0 Å². The molecule has 0 atom stereocenters. The molecule has 0 aliphatic heterocycles. The van der Waals surface area contributed by atoms with Gasteiger partial charge >= 0.3 is 0 Å². The maximum absolute atomic E-state index is 9.50. The lowest BCUT2D eigenvalue weighted by Gasteiger charge is -1.10. The van der Waals surface area contributed by atoms with Crippen molar-refractivity contribution in [3.05, 3.63) is 13.2 Å². The van der Waals surface area contributed by atoms with Crippen molar-refractivity contribution in [3.8, 4) is 0 Å². The normalized spacial score (nSPS) is 2.83. The van der Waals surface area contributed by atoms with E-state index >= 15 is 0 Å². The second-order valence-electron chi connectivity index (χ2n) is 0. The lowest BCUT2D eigenvalue weighted by atomic mass is 11.0. The fourth-order valence-electron chi connectivity index (χ4n) is 0. The first kappa shape index (κ1) is 41.3. The lowest BCUT2D eigenvalue weighted by Crippen LogP contribution is -0.939. The number of alkyl halides is 1. The van der Waals surface area contributed by atoms with Crippen LogP contribution in [-0.2, 0) is 0 Å². The molecule has 0 bridgehead atoms. The van der Waals surface area contributed by atoms with Crippen molar-refractivity contribution in [2.45, 2.75) is 55.4 Å². The van der Waals surface area contributed by atoms with Crippen molar-refractivity contribution in [2.75, 3.05) is 7.18 Å². The quantitative estimate of drug-likeness (QED) is 0.421. The standard InChI is InChI=1S/4C2H6.C2H4.CH3F.H2/c6*1-2;/h4*1-2H3;1-2H2;1H3;1H. The lowest BCUT2D eigenvalue weighted by molar-refractivity contribution is 0.636. The highest BCUT2D eigenvalue weighted by Gasteiger charge is 0.939. The van der Waals surface area contributed by atoms with E-state index in [4.69, 9.17) is 0 Å². The predicted molar refractivity (Wildman–Crippen MR) is 65.8 cm³/mol. The van der Waals surface area contributed by atoms with Gasteiger partial charge in [0.25, 0.3) is 0 Å². The Labute approximate surface area is 82.4 Å². The van der Waals surface area contributed by atoms with E-state index in [1.807, 2.05) is 55.4 Å². The van der Waals surface area contributed by atoms with Gasteiger partial charge in [0, 0.05) is 1.43 Å². The summed E-state index contributed by atoms with van der Waals surface area (Å²) in [6.45, 7) is 22.0. The maximum Gasteiger partial charge on any atom is 0.0785 e. The Morgan fingerprint density at radius 2 is 0.583 bits per heavy atom. The zero-order valence-electron chi connectivity index (χ0n) is 10.8. The van der Waals surface area contributed by atoms with Gasteiger partial charge in [0.1, 0.15) is 0 Å². The van der Waals surface area contributed by atoms with Crippen LogP contribution in [0.25, 0.3) is 0 Å². The molecule has 0 fully saturated rings. The zero-order valence-corrected chi connectivity index (χ0v) is 10.8. The highest BCUT2D eigenvalue weighted by molar-refractivity contribution is 4.22.